The number of unbranched alkanes of at least 4 members (excludes halogenated alkanes) is 1. The van der Waals surface area contributed by atoms with Crippen molar-refractivity contribution in [2.45, 2.75) is 31.6 Å². The maximum Gasteiger partial charge on any atom is 0.0928 e. The lowest BCUT2D eigenvalue weighted by Gasteiger charge is -2.03. The summed E-state index contributed by atoms with van der Waals surface area (Å²) >= 11 is 7.42. The van der Waals surface area contributed by atoms with E-state index < -0.39 is 0 Å². The van der Waals surface area contributed by atoms with Crippen molar-refractivity contribution < 1.29 is 4.74 Å². The normalized spacial score (nSPS) is 10.8. The van der Waals surface area contributed by atoms with E-state index in [1.807, 2.05) is 29.8 Å². The van der Waals surface area contributed by atoms with E-state index in [1.165, 1.54) is 5.01 Å². The molecule has 0 aromatic carbocycles. The minimum absolute atomic E-state index is 0.507. The van der Waals surface area contributed by atoms with Crippen molar-refractivity contribution in [2.75, 3.05) is 13.2 Å². The summed E-state index contributed by atoms with van der Waals surface area (Å²) in [5.41, 5.74) is 2.07. The van der Waals surface area contributed by atoms with Crippen LogP contribution >= 0.6 is 22.9 Å². The van der Waals surface area contributed by atoms with Crippen LogP contribution in [0, 0.1) is 0 Å². The minimum Gasteiger partial charge on any atom is -0.381 e. The fraction of sp³-hybridized carbons (Fsp3) is 0.467. The maximum atomic E-state index is 5.73. The molecule has 3 nitrogen and oxygen atoms in total. The van der Waals surface area contributed by atoms with Gasteiger partial charge in [0.25, 0.3) is 0 Å². The summed E-state index contributed by atoms with van der Waals surface area (Å²) in [4.78, 5) is 8.70. The first-order valence-corrected chi connectivity index (χ1v) is 8.27. The van der Waals surface area contributed by atoms with Crippen molar-refractivity contribution in [3.63, 3.8) is 0 Å². The van der Waals surface area contributed by atoms with Crippen LogP contribution in [0.5, 0.6) is 0 Å². The van der Waals surface area contributed by atoms with Crippen molar-refractivity contribution in [3.8, 4) is 0 Å². The van der Waals surface area contributed by atoms with E-state index in [0.717, 1.165) is 50.3 Å². The summed E-state index contributed by atoms with van der Waals surface area (Å²) in [6.45, 7) is 1.55. The summed E-state index contributed by atoms with van der Waals surface area (Å²) in [5.74, 6) is 0.507. The fourth-order valence-corrected chi connectivity index (χ4v) is 2.90. The second-order valence-corrected chi connectivity index (χ2v) is 5.72. The van der Waals surface area contributed by atoms with Crippen molar-refractivity contribution in [2.24, 2.45) is 0 Å². The molecular weight excluding hydrogens is 292 g/mol. The molecule has 2 rings (SSSR count). The quantitative estimate of drug-likeness (QED) is 0.521. The highest BCUT2D eigenvalue weighted by molar-refractivity contribution is 7.09. The Kier molecular flexibility index (Phi) is 6.98. The molecule has 0 aliphatic rings. The Morgan fingerprint density at radius 3 is 2.80 bits per heavy atom. The molecule has 2 aromatic heterocycles. The molecule has 0 N–H and O–H groups in total. The zero-order chi connectivity index (χ0) is 14.0. The van der Waals surface area contributed by atoms with Gasteiger partial charge in [-0.3, -0.25) is 4.98 Å². The van der Waals surface area contributed by atoms with E-state index >= 15 is 0 Å². The SMILES string of the molecule is ClCc1csc(CCCCOCCc2ccccn2)n1. The van der Waals surface area contributed by atoms with Crippen LogP contribution in [-0.2, 0) is 23.5 Å². The standard InChI is InChI=1S/C15H19ClN2OS/c16-11-14-12-20-15(18-14)6-2-4-9-19-10-7-13-5-1-3-8-17-13/h1,3,5,8,12H,2,4,6-7,9-11H2. The molecule has 2 heterocycles. The number of hydrogen-bond acceptors (Lipinski definition) is 4. The first kappa shape index (κ1) is 15.4. The first-order chi connectivity index (χ1) is 9.88. The highest BCUT2D eigenvalue weighted by Gasteiger charge is 2.01. The van der Waals surface area contributed by atoms with Gasteiger partial charge in [0.1, 0.15) is 0 Å². The lowest BCUT2D eigenvalue weighted by atomic mass is 10.2. The molecule has 0 aliphatic carbocycles. The summed E-state index contributed by atoms with van der Waals surface area (Å²) in [6, 6.07) is 5.96. The zero-order valence-electron chi connectivity index (χ0n) is 11.4. The van der Waals surface area contributed by atoms with Gasteiger partial charge >= 0.3 is 0 Å². The van der Waals surface area contributed by atoms with E-state index in [-0.39, 0.29) is 0 Å². The van der Waals surface area contributed by atoms with E-state index in [0.29, 0.717) is 5.88 Å². The van der Waals surface area contributed by atoms with Crippen LogP contribution in [0.4, 0.5) is 0 Å². The summed E-state index contributed by atoms with van der Waals surface area (Å²) < 4.78 is 5.62. The van der Waals surface area contributed by atoms with Crippen LogP contribution in [0.1, 0.15) is 29.2 Å². The highest BCUT2D eigenvalue weighted by atomic mass is 35.5. The molecule has 108 valence electrons. The number of pyridine rings is 1. The topological polar surface area (TPSA) is 35.0 Å². The zero-order valence-corrected chi connectivity index (χ0v) is 13.0. The molecule has 0 bridgehead atoms. The highest BCUT2D eigenvalue weighted by Crippen LogP contribution is 2.14. The molecule has 0 saturated heterocycles. The molecule has 0 fully saturated rings. The van der Waals surface area contributed by atoms with Gasteiger partial charge in [-0.15, -0.1) is 22.9 Å². The Morgan fingerprint density at radius 1 is 1.10 bits per heavy atom. The second kappa shape index (κ2) is 9.06. The predicted molar refractivity (Wildman–Crippen MR) is 83.4 cm³/mol. The van der Waals surface area contributed by atoms with Crippen LogP contribution in [0.3, 0.4) is 0 Å². The van der Waals surface area contributed by atoms with E-state index in [9.17, 15) is 0 Å². The smallest absolute Gasteiger partial charge is 0.0928 e. The third kappa shape index (κ3) is 5.57. The molecule has 5 heteroatoms. The molecule has 20 heavy (non-hydrogen) atoms. The van der Waals surface area contributed by atoms with Gasteiger partial charge in [-0.05, 0) is 31.4 Å². The molecule has 2 aromatic rings. The van der Waals surface area contributed by atoms with Gasteiger partial charge in [0.15, 0.2) is 0 Å². The van der Waals surface area contributed by atoms with Gasteiger partial charge < -0.3 is 4.74 Å². The van der Waals surface area contributed by atoms with E-state index in [4.69, 9.17) is 16.3 Å². The third-order valence-corrected chi connectivity index (χ3v) is 4.13. The lowest BCUT2D eigenvalue weighted by molar-refractivity contribution is 0.133. The largest absolute Gasteiger partial charge is 0.381 e. The molecule has 0 unspecified atom stereocenters. The van der Waals surface area contributed by atoms with Crippen molar-refractivity contribution in [1.82, 2.24) is 9.97 Å². The number of aromatic nitrogens is 2. The Morgan fingerprint density at radius 2 is 2.05 bits per heavy atom. The van der Waals surface area contributed by atoms with Crippen molar-refractivity contribution in [3.05, 3.63) is 46.2 Å². The van der Waals surface area contributed by atoms with Gasteiger partial charge in [-0.2, -0.15) is 0 Å². The van der Waals surface area contributed by atoms with Crippen LogP contribution in [0.25, 0.3) is 0 Å². The number of halogens is 1. The number of aryl methyl sites for hydroxylation is 1. The lowest BCUT2D eigenvalue weighted by Crippen LogP contribution is -2.02. The van der Waals surface area contributed by atoms with Crippen molar-refractivity contribution >= 4 is 22.9 Å². The Bertz CT molecular complexity index is 490. The van der Waals surface area contributed by atoms with Crippen molar-refractivity contribution in [1.29, 1.82) is 0 Å². The Labute approximate surface area is 129 Å². The van der Waals surface area contributed by atoms with Gasteiger partial charge in [-0.25, -0.2) is 4.98 Å². The Hall–Kier alpha value is -0.970. The van der Waals surface area contributed by atoms with Crippen LogP contribution in [0.2, 0.25) is 0 Å². The number of ether oxygens (including phenoxy) is 1. The van der Waals surface area contributed by atoms with Crippen LogP contribution in [-0.4, -0.2) is 23.2 Å². The van der Waals surface area contributed by atoms with Gasteiger partial charge in [0.05, 0.1) is 23.2 Å². The third-order valence-electron chi connectivity index (χ3n) is 2.89. The summed E-state index contributed by atoms with van der Waals surface area (Å²) in [7, 11) is 0. The average molecular weight is 311 g/mol. The fourth-order valence-electron chi connectivity index (χ4n) is 1.83. The first-order valence-electron chi connectivity index (χ1n) is 6.85. The predicted octanol–water partition coefficient (Wildman–Crippen LogP) is 3.86. The minimum atomic E-state index is 0.507. The number of hydrogen-bond donors (Lipinski definition) is 0. The van der Waals surface area contributed by atoms with Gasteiger partial charge in [0.2, 0.25) is 0 Å². The van der Waals surface area contributed by atoms with Gasteiger partial charge in [0, 0.05) is 30.3 Å². The molecule has 0 saturated carbocycles. The number of thiazole rings is 1. The second-order valence-electron chi connectivity index (χ2n) is 4.51. The van der Waals surface area contributed by atoms with E-state index in [1.54, 1.807) is 11.3 Å². The summed E-state index contributed by atoms with van der Waals surface area (Å²) in [5, 5.41) is 3.21. The van der Waals surface area contributed by atoms with E-state index in [2.05, 4.69) is 9.97 Å². The molecule has 0 amide bonds. The average Bonchev–Trinajstić information content (AvgIpc) is 2.95. The number of rotatable bonds is 9. The summed E-state index contributed by atoms with van der Waals surface area (Å²) in [6.07, 6.45) is 5.90. The van der Waals surface area contributed by atoms with Crippen LogP contribution in [0.15, 0.2) is 29.8 Å². The Balaban J connectivity index is 1.49. The molecule has 0 spiro atoms. The number of alkyl halides is 1. The number of nitrogens with zero attached hydrogens (tertiary/aromatic N) is 2. The molecule has 0 atom stereocenters. The molecule has 0 radical (unpaired) electrons. The van der Waals surface area contributed by atoms with Crippen LogP contribution < -0.4 is 0 Å². The molecular formula is C15H19ClN2OS. The van der Waals surface area contributed by atoms with Gasteiger partial charge in [-0.1, -0.05) is 6.07 Å². The maximum absolute atomic E-state index is 5.73. The monoisotopic (exact) mass is 310 g/mol. The molecule has 0 aliphatic heterocycles.